The number of anilines is 2. The number of nitrogens with zero attached hydrogens (tertiary/aromatic N) is 5. The van der Waals surface area contributed by atoms with Gasteiger partial charge in [-0.15, -0.1) is 0 Å². The molecule has 0 spiro atoms. The Labute approximate surface area is 215 Å². The summed E-state index contributed by atoms with van der Waals surface area (Å²) in [5.74, 6) is -1.42. The van der Waals surface area contributed by atoms with Crippen molar-refractivity contribution in [3.8, 4) is 22.4 Å². The van der Waals surface area contributed by atoms with E-state index in [0.29, 0.717) is 28.1 Å². The number of urea groups is 1. The van der Waals surface area contributed by atoms with Gasteiger partial charge in [-0.2, -0.15) is 0 Å². The number of hydrogen-bond acceptors (Lipinski definition) is 8. The Morgan fingerprint density at radius 3 is 2.54 bits per heavy atom. The van der Waals surface area contributed by atoms with Crippen molar-refractivity contribution < 1.29 is 19.1 Å². The van der Waals surface area contributed by atoms with Crippen LogP contribution in [0.2, 0.25) is 0 Å². The number of nitrogens with one attached hydrogen (secondary N) is 2. The molecule has 13 heteroatoms. The number of fused-ring (bicyclic) bond motifs is 1. The molecule has 1 aromatic carbocycles. The Bertz CT molecular complexity index is 1350. The molecule has 0 unspecified atom stereocenters. The van der Waals surface area contributed by atoms with Crippen LogP contribution in [0.25, 0.3) is 32.6 Å². The predicted octanol–water partition coefficient (Wildman–Crippen LogP) is 3.24. The number of aromatic nitrogens is 4. The van der Waals surface area contributed by atoms with Crippen LogP contribution in [0.3, 0.4) is 0 Å². The Morgan fingerprint density at radius 1 is 1.17 bits per heavy atom. The van der Waals surface area contributed by atoms with Gasteiger partial charge in [0.25, 0.3) is 0 Å². The van der Waals surface area contributed by atoms with Crippen molar-refractivity contribution in [1.82, 2.24) is 25.3 Å². The van der Waals surface area contributed by atoms with Crippen molar-refractivity contribution in [2.24, 2.45) is 0 Å². The van der Waals surface area contributed by atoms with Crippen LogP contribution < -0.4 is 15.5 Å². The fourth-order valence-electron chi connectivity index (χ4n) is 3.26. The Kier molecular flexibility index (Phi) is 8.34. The fourth-order valence-corrected chi connectivity index (χ4v) is 4.24. The van der Waals surface area contributed by atoms with Crippen LogP contribution in [0.1, 0.15) is 6.92 Å². The van der Waals surface area contributed by atoms with Gasteiger partial charge in [0.15, 0.2) is 10.9 Å². The molecule has 0 aliphatic carbocycles. The summed E-state index contributed by atoms with van der Waals surface area (Å²) in [6.45, 7) is 1.95. The number of aliphatic carboxylic acids is 1. The molecular weight excluding hydrogens is 468 g/mol. The van der Waals surface area contributed by atoms with Crippen molar-refractivity contribution in [2.75, 3.05) is 30.4 Å². The normalized spacial score (nSPS) is 10.5. The van der Waals surface area contributed by atoms with E-state index in [4.69, 9.17) is 5.11 Å². The molecule has 0 saturated heterocycles. The molecule has 3 heterocycles. The van der Waals surface area contributed by atoms with Crippen LogP contribution in [-0.2, 0) is 4.79 Å². The van der Waals surface area contributed by atoms with Gasteiger partial charge in [0, 0.05) is 67.7 Å². The second-order valence-corrected chi connectivity index (χ2v) is 8.20. The second-order valence-electron chi connectivity index (χ2n) is 7.20. The number of carbonyl (C=O) groups is 2. The van der Waals surface area contributed by atoms with E-state index in [2.05, 4.69) is 30.6 Å². The second kappa shape index (κ2) is 11.2. The fraction of sp³-hybridized carbons (Fsp3) is 0.182. The van der Waals surface area contributed by atoms with Gasteiger partial charge in [0.1, 0.15) is 12.1 Å². The van der Waals surface area contributed by atoms with E-state index in [1.54, 1.807) is 38.4 Å². The minimum Gasteiger partial charge on any atom is -0.480 e. The topological polar surface area (TPSA) is 133 Å². The quantitative estimate of drug-likeness (QED) is 0.338. The maximum Gasteiger partial charge on any atom is 0.323 e. The monoisotopic (exact) mass is 488 g/mol. The van der Waals surface area contributed by atoms with Crippen molar-refractivity contribution in [2.45, 2.75) is 6.92 Å². The standard InChI is InChI=1S/C22H20FN7O3S.Li/c1-3-24-21(33)29-22-28-18-17(23)13(8-14(19(18)34-22)15-6-4-5-7-25-15)12-9-26-20(27-10-12)30(2)11-16(31)32;/h4-10H,3,11H2,1-2H3,(H,31,32)(H2,24,28,29,33);. The first-order chi connectivity index (χ1) is 16.4. The summed E-state index contributed by atoms with van der Waals surface area (Å²) in [6.07, 6.45) is 4.48. The van der Waals surface area contributed by atoms with Crippen molar-refractivity contribution in [3.63, 3.8) is 0 Å². The van der Waals surface area contributed by atoms with Crippen LogP contribution in [-0.4, -0.2) is 76.0 Å². The molecule has 175 valence electrons. The molecule has 1 radical (unpaired) electrons. The van der Waals surface area contributed by atoms with E-state index in [1.165, 1.54) is 17.3 Å². The number of benzene rings is 1. The number of halogens is 1. The summed E-state index contributed by atoms with van der Waals surface area (Å²) < 4.78 is 16.2. The third kappa shape index (κ3) is 5.74. The van der Waals surface area contributed by atoms with Gasteiger partial charge in [-0.1, -0.05) is 17.4 Å². The average molecular weight is 488 g/mol. The van der Waals surface area contributed by atoms with Crippen LogP contribution in [0.15, 0.2) is 42.9 Å². The molecule has 4 rings (SSSR count). The van der Waals surface area contributed by atoms with Gasteiger partial charge in [-0.3, -0.25) is 15.1 Å². The first-order valence-corrected chi connectivity index (χ1v) is 11.0. The molecule has 35 heavy (non-hydrogen) atoms. The van der Waals surface area contributed by atoms with Crippen LogP contribution in [0.5, 0.6) is 0 Å². The summed E-state index contributed by atoms with van der Waals surface area (Å²) in [7, 11) is 1.55. The molecular formula is C22H20FLiN7O3S. The molecule has 0 fully saturated rings. The number of carbonyl (C=O) groups excluding carboxylic acids is 1. The van der Waals surface area contributed by atoms with Crippen molar-refractivity contribution in [1.29, 1.82) is 0 Å². The van der Waals surface area contributed by atoms with E-state index >= 15 is 4.39 Å². The van der Waals surface area contributed by atoms with E-state index in [1.807, 2.05) is 6.07 Å². The zero-order chi connectivity index (χ0) is 24.2. The molecule has 2 amide bonds. The molecule has 4 aromatic rings. The van der Waals surface area contributed by atoms with Gasteiger partial charge in [0.05, 0.1) is 10.4 Å². The number of rotatable bonds is 7. The minimum absolute atomic E-state index is 0. The summed E-state index contributed by atoms with van der Waals surface area (Å²) in [5, 5.41) is 14.4. The Morgan fingerprint density at radius 2 is 1.91 bits per heavy atom. The Hall–Kier alpha value is -3.59. The van der Waals surface area contributed by atoms with Gasteiger partial charge in [-0.05, 0) is 25.1 Å². The molecule has 10 nitrogen and oxygen atoms in total. The summed E-state index contributed by atoms with van der Waals surface area (Å²) in [6, 6.07) is 6.61. The molecule has 0 atom stereocenters. The molecule has 3 N–H and O–H groups in total. The SMILES string of the molecule is CCNC(=O)Nc1nc2c(F)c(-c3cnc(N(C)CC(=O)O)nc3)cc(-c3ccccn3)c2s1.[Li]. The number of carboxylic acid groups (broad SMARTS) is 1. The zero-order valence-corrected chi connectivity index (χ0v) is 20.1. The van der Waals surface area contributed by atoms with Crippen LogP contribution >= 0.6 is 11.3 Å². The molecule has 0 saturated carbocycles. The number of carboxylic acids is 1. The van der Waals surface area contributed by atoms with Gasteiger partial charge >= 0.3 is 12.0 Å². The molecule has 0 bridgehead atoms. The van der Waals surface area contributed by atoms with E-state index in [9.17, 15) is 9.59 Å². The van der Waals surface area contributed by atoms with Gasteiger partial charge in [0.2, 0.25) is 5.95 Å². The minimum atomic E-state index is -1.02. The first kappa shape index (κ1) is 26.0. The third-order valence-electron chi connectivity index (χ3n) is 4.77. The smallest absolute Gasteiger partial charge is 0.323 e. The number of pyridine rings is 1. The largest absolute Gasteiger partial charge is 0.480 e. The average Bonchev–Trinajstić information content (AvgIpc) is 3.24. The molecule has 3 aromatic heterocycles. The molecule has 0 aliphatic rings. The van der Waals surface area contributed by atoms with E-state index in [-0.39, 0.29) is 47.6 Å². The van der Waals surface area contributed by atoms with Crippen molar-refractivity contribution in [3.05, 3.63) is 48.7 Å². The van der Waals surface area contributed by atoms with E-state index < -0.39 is 17.8 Å². The van der Waals surface area contributed by atoms with Gasteiger partial charge in [-0.25, -0.2) is 24.1 Å². The van der Waals surface area contributed by atoms with Gasteiger partial charge < -0.3 is 15.3 Å². The summed E-state index contributed by atoms with van der Waals surface area (Å²) >= 11 is 1.15. The predicted molar refractivity (Wildman–Crippen MR) is 133 cm³/mol. The number of thiazole rings is 1. The third-order valence-corrected chi connectivity index (χ3v) is 5.77. The first-order valence-electron chi connectivity index (χ1n) is 10.2. The number of hydrogen-bond donors (Lipinski definition) is 3. The maximum atomic E-state index is 15.6. The zero-order valence-electron chi connectivity index (χ0n) is 19.2. The van der Waals surface area contributed by atoms with Crippen LogP contribution in [0, 0.1) is 5.82 Å². The van der Waals surface area contributed by atoms with Crippen LogP contribution in [0.4, 0.5) is 20.3 Å². The van der Waals surface area contributed by atoms with E-state index in [0.717, 1.165) is 11.3 Å². The number of amides is 2. The number of likely N-dealkylation sites (N-methyl/N-ethyl adjacent to an activating group) is 1. The maximum absolute atomic E-state index is 15.6. The Balaban J connectivity index is 0.00000342. The summed E-state index contributed by atoms with van der Waals surface area (Å²) in [4.78, 5) is 41.3. The van der Waals surface area contributed by atoms with Crippen molar-refractivity contribution >= 4 is 63.5 Å². The molecule has 0 aliphatic heterocycles. The summed E-state index contributed by atoms with van der Waals surface area (Å²) in [5.41, 5.74) is 1.92.